The van der Waals surface area contributed by atoms with Crippen LogP contribution in [-0.4, -0.2) is 10.2 Å². The van der Waals surface area contributed by atoms with Gasteiger partial charge in [-0.3, -0.25) is 0 Å². The summed E-state index contributed by atoms with van der Waals surface area (Å²) in [5, 5.41) is 18.8. The van der Waals surface area contributed by atoms with Gasteiger partial charge in [-0.15, -0.1) is 0 Å². The SMILES string of the molecule is CCC(CC)(CC)c1ccc(O)c(O)c1. The van der Waals surface area contributed by atoms with Gasteiger partial charge in [0.05, 0.1) is 0 Å². The van der Waals surface area contributed by atoms with Crippen molar-refractivity contribution in [3.8, 4) is 11.5 Å². The Bertz CT molecular complexity index is 319. The van der Waals surface area contributed by atoms with Crippen LogP contribution in [0.1, 0.15) is 45.6 Å². The fourth-order valence-electron chi connectivity index (χ4n) is 2.22. The van der Waals surface area contributed by atoms with E-state index < -0.39 is 0 Å². The fraction of sp³-hybridized carbons (Fsp3) is 0.538. The highest BCUT2D eigenvalue weighted by Gasteiger charge is 2.26. The number of rotatable bonds is 4. The molecule has 0 amide bonds. The molecule has 0 unspecified atom stereocenters. The molecule has 1 aromatic rings. The minimum atomic E-state index is -0.0454. The Morgan fingerprint density at radius 2 is 1.47 bits per heavy atom. The minimum absolute atomic E-state index is 0.0211. The van der Waals surface area contributed by atoms with Crippen molar-refractivity contribution in [2.45, 2.75) is 45.4 Å². The van der Waals surface area contributed by atoms with Crippen LogP contribution in [0.5, 0.6) is 11.5 Å². The zero-order valence-corrected chi connectivity index (χ0v) is 9.75. The van der Waals surface area contributed by atoms with Gasteiger partial charge in [0, 0.05) is 0 Å². The first kappa shape index (κ1) is 11.9. The largest absolute Gasteiger partial charge is 0.504 e. The zero-order chi connectivity index (χ0) is 11.5. The first-order chi connectivity index (χ1) is 7.09. The monoisotopic (exact) mass is 208 g/mol. The molecule has 2 N–H and O–H groups in total. The number of hydrogen-bond donors (Lipinski definition) is 2. The van der Waals surface area contributed by atoms with Crippen molar-refractivity contribution in [3.63, 3.8) is 0 Å². The Kier molecular flexibility index (Phi) is 3.61. The second-order valence-corrected chi connectivity index (χ2v) is 4.04. The zero-order valence-electron chi connectivity index (χ0n) is 9.75. The van der Waals surface area contributed by atoms with Gasteiger partial charge in [0.2, 0.25) is 0 Å². The first-order valence-electron chi connectivity index (χ1n) is 5.62. The van der Waals surface area contributed by atoms with Gasteiger partial charge in [0.1, 0.15) is 0 Å². The predicted molar refractivity (Wildman–Crippen MR) is 62.3 cm³/mol. The summed E-state index contributed by atoms with van der Waals surface area (Å²) in [4.78, 5) is 0. The van der Waals surface area contributed by atoms with Gasteiger partial charge >= 0.3 is 0 Å². The minimum Gasteiger partial charge on any atom is -0.504 e. The number of hydrogen-bond acceptors (Lipinski definition) is 2. The summed E-state index contributed by atoms with van der Waals surface area (Å²) in [7, 11) is 0. The Labute approximate surface area is 91.6 Å². The van der Waals surface area contributed by atoms with Crippen molar-refractivity contribution < 1.29 is 10.2 Å². The average molecular weight is 208 g/mol. The molecule has 0 aliphatic rings. The summed E-state index contributed by atoms with van der Waals surface area (Å²) in [6.07, 6.45) is 3.14. The van der Waals surface area contributed by atoms with E-state index in [1.54, 1.807) is 12.1 Å². The normalized spacial score (nSPS) is 11.7. The van der Waals surface area contributed by atoms with E-state index in [0.717, 1.165) is 24.8 Å². The second-order valence-electron chi connectivity index (χ2n) is 4.04. The molecule has 0 saturated heterocycles. The summed E-state index contributed by atoms with van der Waals surface area (Å²) >= 11 is 0. The number of phenolic OH excluding ortho intramolecular Hbond substituents is 2. The van der Waals surface area contributed by atoms with E-state index in [9.17, 15) is 10.2 Å². The molecule has 1 rings (SSSR count). The molecule has 0 aliphatic heterocycles. The molecule has 0 bridgehead atoms. The molecule has 15 heavy (non-hydrogen) atoms. The highest BCUT2D eigenvalue weighted by molar-refractivity contribution is 5.43. The topological polar surface area (TPSA) is 40.5 Å². The highest BCUT2D eigenvalue weighted by Crippen LogP contribution is 2.38. The van der Waals surface area contributed by atoms with E-state index in [0.29, 0.717) is 0 Å². The maximum atomic E-state index is 9.50. The number of aromatic hydroxyl groups is 2. The Balaban J connectivity index is 3.17. The Morgan fingerprint density at radius 3 is 1.87 bits per heavy atom. The lowest BCUT2D eigenvalue weighted by atomic mass is 9.74. The van der Waals surface area contributed by atoms with Gasteiger partial charge in [-0.25, -0.2) is 0 Å². The lowest BCUT2D eigenvalue weighted by molar-refractivity contribution is 0.371. The molecule has 0 spiro atoms. The van der Waals surface area contributed by atoms with Crippen LogP contribution < -0.4 is 0 Å². The van der Waals surface area contributed by atoms with Gasteiger partial charge in [0.15, 0.2) is 11.5 Å². The molecule has 0 fully saturated rings. The summed E-state index contributed by atoms with van der Waals surface area (Å²) in [5.74, 6) is -0.0665. The molecule has 1 aromatic carbocycles. The highest BCUT2D eigenvalue weighted by atomic mass is 16.3. The third kappa shape index (κ3) is 2.09. The van der Waals surface area contributed by atoms with Gasteiger partial charge in [-0.2, -0.15) is 0 Å². The predicted octanol–water partition coefficient (Wildman–Crippen LogP) is 3.57. The fourth-order valence-corrected chi connectivity index (χ4v) is 2.22. The van der Waals surface area contributed by atoms with Crippen LogP contribution in [0.4, 0.5) is 0 Å². The van der Waals surface area contributed by atoms with Gasteiger partial charge < -0.3 is 10.2 Å². The maximum absolute atomic E-state index is 9.50. The molecule has 0 atom stereocenters. The summed E-state index contributed by atoms with van der Waals surface area (Å²) in [6, 6.07) is 5.16. The molecule has 2 nitrogen and oxygen atoms in total. The van der Waals surface area contributed by atoms with E-state index in [4.69, 9.17) is 0 Å². The lowest BCUT2D eigenvalue weighted by Crippen LogP contribution is -2.22. The van der Waals surface area contributed by atoms with E-state index >= 15 is 0 Å². The van der Waals surface area contributed by atoms with E-state index in [-0.39, 0.29) is 16.9 Å². The third-order valence-corrected chi connectivity index (χ3v) is 3.62. The second kappa shape index (κ2) is 4.56. The van der Waals surface area contributed by atoms with Crippen LogP contribution in [0.3, 0.4) is 0 Å². The average Bonchev–Trinajstić information content (AvgIpc) is 2.26. The van der Waals surface area contributed by atoms with Crippen LogP contribution >= 0.6 is 0 Å². The van der Waals surface area contributed by atoms with Crippen molar-refractivity contribution in [3.05, 3.63) is 23.8 Å². The summed E-state index contributed by atoms with van der Waals surface area (Å²) < 4.78 is 0. The van der Waals surface area contributed by atoms with Crippen molar-refractivity contribution >= 4 is 0 Å². The number of phenols is 2. The molecule has 2 heteroatoms. The molecule has 0 saturated carbocycles. The van der Waals surface area contributed by atoms with Crippen LogP contribution in [0.2, 0.25) is 0 Å². The molecule has 84 valence electrons. The molecular weight excluding hydrogens is 188 g/mol. The van der Waals surface area contributed by atoms with Crippen molar-refractivity contribution in [2.75, 3.05) is 0 Å². The standard InChI is InChI=1S/C13H20O2/c1-4-13(5-2,6-3)10-7-8-11(14)12(15)9-10/h7-9,14-15H,4-6H2,1-3H3. The summed E-state index contributed by atoms with van der Waals surface area (Å²) in [5.41, 5.74) is 1.25. The molecular formula is C13H20O2. The Morgan fingerprint density at radius 1 is 0.933 bits per heavy atom. The number of benzene rings is 1. The third-order valence-electron chi connectivity index (χ3n) is 3.62. The van der Waals surface area contributed by atoms with Crippen molar-refractivity contribution in [1.29, 1.82) is 0 Å². The smallest absolute Gasteiger partial charge is 0.157 e. The van der Waals surface area contributed by atoms with E-state index in [1.807, 2.05) is 6.07 Å². The quantitative estimate of drug-likeness (QED) is 0.743. The van der Waals surface area contributed by atoms with Crippen LogP contribution in [0, 0.1) is 0 Å². The van der Waals surface area contributed by atoms with Crippen molar-refractivity contribution in [2.24, 2.45) is 0 Å². The van der Waals surface area contributed by atoms with Gasteiger partial charge in [-0.05, 0) is 42.4 Å². The van der Waals surface area contributed by atoms with Crippen LogP contribution in [0.15, 0.2) is 18.2 Å². The van der Waals surface area contributed by atoms with Crippen LogP contribution in [-0.2, 0) is 5.41 Å². The molecule has 0 radical (unpaired) electrons. The van der Waals surface area contributed by atoms with E-state index in [1.165, 1.54) is 0 Å². The molecule has 0 aliphatic carbocycles. The van der Waals surface area contributed by atoms with Crippen LogP contribution in [0.25, 0.3) is 0 Å². The maximum Gasteiger partial charge on any atom is 0.157 e. The lowest BCUT2D eigenvalue weighted by Gasteiger charge is -2.31. The summed E-state index contributed by atoms with van der Waals surface area (Å²) in [6.45, 7) is 6.49. The first-order valence-corrected chi connectivity index (χ1v) is 5.62. The molecule has 0 aromatic heterocycles. The van der Waals surface area contributed by atoms with E-state index in [2.05, 4.69) is 20.8 Å². The van der Waals surface area contributed by atoms with Gasteiger partial charge in [0.25, 0.3) is 0 Å². The van der Waals surface area contributed by atoms with Gasteiger partial charge in [-0.1, -0.05) is 26.8 Å². The molecule has 0 heterocycles. The Hall–Kier alpha value is -1.18. The van der Waals surface area contributed by atoms with Crippen molar-refractivity contribution in [1.82, 2.24) is 0 Å².